The van der Waals surface area contributed by atoms with Crippen LogP contribution in [0.5, 0.6) is 11.5 Å². The average molecular weight is 220 g/mol. The molecule has 3 nitrogen and oxygen atoms in total. The second-order valence-electron chi connectivity index (χ2n) is 4.06. The number of hydrogen-bond acceptors (Lipinski definition) is 3. The first-order chi connectivity index (χ1) is 7.74. The molecule has 0 N–H and O–H groups in total. The third kappa shape index (κ3) is 2.03. The Hall–Kier alpha value is -1.51. The summed E-state index contributed by atoms with van der Waals surface area (Å²) in [6.07, 6.45) is 2.63. The first-order valence-corrected chi connectivity index (χ1v) is 5.50. The molecule has 1 fully saturated rings. The lowest BCUT2D eigenvalue weighted by atomic mass is 9.96. The summed E-state index contributed by atoms with van der Waals surface area (Å²) in [5.41, 5.74) is 1.01. The maximum absolute atomic E-state index is 11.7. The van der Waals surface area contributed by atoms with Crippen molar-refractivity contribution in [1.29, 1.82) is 0 Å². The number of hydrogen-bond donors (Lipinski definition) is 0. The van der Waals surface area contributed by atoms with Gasteiger partial charge in [-0.05, 0) is 30.5 Å². The van der Waals surface area contributed by atoms with Crippen molar-refractivity contribution in [3.63, 3.8) is 0 Å². The molecule has 0 bridgehead atoms. The van der Waals surface area contributed by atoms with Gasteiger partial charge in [-0.25, -0.2) is 0 Å². The molecule has 1 atom stereocenters. The van der Waals surface area contributed by atoms with Crippen LogP contribution in [0.3, 0.4) is 0 Å². The Morgan fingerprint density at radius 3 is 2.19 bits per heavy atom. The molecule has 2 rings (SSSR count). The van der Waals surface area contributed by atoms with E-state index in [2.05, 4.69) is 0 Å². The van der Waals surface area contributed by atoms with Crippen LogP contribution in [0.25, 0.3) is 0 Å². The molecule has 0 spiro atoms. The third-order valence-electron chi connectivity index (χ3n) is 3.08. The molecule has 1 aromatic carbocycles. The van der Waals surface area contributed by atoms with Crippen molar-refractivity contribution in [2.75, 3.05) is 14.2 Å². The lowest BCUT2D eigenvalue weighted by Gasteiger charge is -2.12. The van der Waals surface area contributed by atoms with Crippen LogP contribution in [0.4, 0.5) is 0 Å². The van der Waals surface area contributed by atoms with Crippen molar-refractivity contribution in [2.24, 2.45) is 0 Å². The largest absolute Gasteiger partial charge is 0.497 e. The van der Waals surface area contributed by atoms with Crippen LogP contribution in [-0.4, -0.2) is 20.0 Å². The van der Waals surface area contributed by atoms with E-state index in [0.29, 0.717) is 12.2 Å². The molecule has 16 heavy (non-hydrogen) atoms. The van der Waals surface area contributed by atoms with Crippen LogP contribution in [0.2, 0.25) is 0 Å². The predicted octanol–water partition coefficient (Wildman–Crippen LogP) is 2.54. The molecule has 1 aliphatic carbocycles. The zero-order valence-corrected chi connectivity index (χ0v) is 9.66. The summed E-state index contributed by atoms with van der Waals surface area (Å²) in [5, 5.41) is 0. The second kappa shape index (κ2) is 4.56. The van der Waals surface area contributed by atoms with E-state index >= 15 is 0 Å². The van der Waals surface area contributed by atoms with Crippen molar-refractivity contribution >= 4 is 5.78 Å². The molecule has 0 aromatic heterocycles. The lowest BCUT2D eigenvalue weighted by Crippen LogP contribution is -2.04. The summed E-state index contributed by atoms with van der Waals surface area (Å²) in [5.74, 6) is 1.85. The quantitative estimate of drug-likeness (QED) is 0.785. The van der Waals surface area contributed by atoms with Gasteiger partial charge in [0.05, 0.1) is 14.2 Å². The van der Waals surface area contributed by atoms with Gasteiger partial charge in [0.2, 0.25) is 0 Å². The van der Waals surface area contributed by atoms with Crippen LogP contribution < -0.4 is 9.47 Å². The first kappa shape index (κ1) is 11.0. The Morgan fingerprint density at radius 2 is 1.75 bits per heavy atom. The van der Waals surface area contributed by atoms with Gasteiger partial charge in [-0.15, -0.1) is 0 Å². The number of carbonyl (C=O) groups is 1. The minimum atomic E-state index is 0.0315. The third-order valence-corrected chi connectivity index (χ3v) is 3.08. The fraction of sp³-hybridized carbons (Fsp3) is 0.462. The molecule has 0 heterocycles. The minimum Gasteiger partial charge on any atom is -0.497 e. The molecule has 0 saturated heterocycles. The Labute approximate surface area is 95.4 Å². The molecular formula is C13H16O3. The van der Waals surface area contributed by atoms with Gasteiger partial charge in [-0.1, -0.05) is 0 Å². The molecule has 0 amide bonds. The Kier molecular flexibility index (Phi) is 3.13. The second-order valence-corrected chi connectivity index (χ2v) is 4.06. The maximum atomic E-state index is 11.7. The van der Waals surface area contributed by atoms with E-state index < -0.39 is 0 Å². The number of methoxy groups -OCH3 is 2. The van der Waals surface area contributed by atoms with Gasteiger partial charge in [0, 0.05) is 18.4 Å². The van der Waals surface area contributed by atoms with E-state index in [1.807, 2.05) is 18.2 Å². The Balaban J connectivity index is 2.35. The highest BCUT2D eigenvalue weighted by atomic mass is 16.5. The Morgan fingerprint density at radius 1 is 1.12 bits per heavy atom. The highest BCUT2D eigenvalue weighted by molar-refractivity contribution is 5.87. The summed E-state index contributed by atoms with van der Waals surface area (Å²) < 4.78 is 10.4. The topological polar surface area (TPSA) is 35.5 Å². The zero-order chi connectivity index (χ0) is 11.5. The molecule has 0 aliphatic heterocycles. The molecule has 86 valence electrons. The van der Waals surface area contributed by atoms with Crippen molar-refractivity contribution in [3.8, 4) is 11.5 Å². The zero-order valence-electron chi connectivity index (χ0n) is 9.66. The van der Waals surface area contributed by atoms with E-state index in [-0.39, 0.29) is 5.92 Å². The van der Waals surface area contributed by atoms with Crippen molar-refractivity contribution in [1.82, 2.24) is 0 Å². The number of benzene rings is 1. The van der Waals surface area contributed by atoms with E-state index in [9.17, 15) is 4.79 Å². The van der Waals surface area contributed by atoms with Gasteiger partial charge < -0.3 is 9.47 Å². The van der Waals surface area contributed by atoms with Crippen LogP contribution in [0.15, 0.2) is 18.2 Å². The normalized spacial score (nSPS) is 19.9. The highest BCUT2D eigenvalue weighted by Gasteiger charge is 2.26. The van der Waals surface area contributed by atoms with Crippen LogP contribution in [0, 0.1) is 0 Å². The van der Waals surface area contributed by atoms with Crippen LogP contribution >= 0.6 is 0 Å². The summed E-state index contributed by atoms with van der Waals surface area (Å²) >= 11 is 0. The number of carbonyl (C=O) groups excluding carboxylic acids is 1. The molecule has 0 radical (unpaired) electrons. The summed E-state index contributed by atoms with van der Waals surface area (Å²) in [7, 11) is 3.24. The van der Waals surface area contributed by atoms with Crippen molar-refractivity contribution in [2.45, 2.75) is 25.2 Å². The smallest absolute Gasteiger partial charge is 0.140 e. The number of ether oxygens (including phenoxy) is 2. The van der Waals surface area contributed by atoms with E-state index in [0.717, 1.165) is 29.9 Å². The number of Topliss-reactive ketones (excluding diaryl/α,β-unsaturated/α-hetero) is 1. The Bertz CT molecular complexity index is 376. The fourth-order valence-corrected chi connectivity index (χ4v) is 2.20. The number of ketones is 1. The van der Waals surface area contributed by atoms with Gasteiger partial charge in [0.15, 0.2) is 0 Å². The molecule has 3 heteroatoms. The van der Waals surface area contributed by atoms with E-state index in [1.54, 1.807) is 14.2 Å². The molecular weight excluding hydrogens is 204 g/mol. The average Bonchev–Trinajstić information content (AvgIpc) is 2.74. The summed E-state index contributed by atoms with van der Waals surface area (Å²) in [4.78, 5) is 11.7. The molecule has 1 aliphatic rings. The first-order valence-electron chi connectivity index (χ1n) is 5.50. The minimum absolute atomic E-state index is 0.0315. The van der Waals surface area contributed by atoms with Crippen molar-refractivity contribution < 1.29 is 14.3 Å². The summed E-state index contributed by atoms with van der Waals surface area (Å²) in [6, 6.07) is 5.68. The van der Waals surface area contributed by atoms with Crippen LogP contribution in [-0.2, 0) is 4.79 Å². The SMILES string of the molecule is COc1cc(OC)cc(C2CCCC2=O)c1. The molecule has 1 unspecified atom stereocenters. The van der Waals surface area contributed by atoms with E-state index in [4.69, 9.17) is 9.47 Å². The van der Waals surface area contributed by atoms with Gasteiger partial charge >= 0.3 is 0 Å². The predicted molar refractivity (Wildman–Crippen MR) is 61.1 cm³/mol. The fourth-order valence-electron chi connectivity index (χ4n) is 2.20. The lowest BCUT2D eigenvalue weighted by molar-refractivity contribution is -0.118. The molecule has 1 aromatic rings. The maximum Gasteiger partial charge on any atom is 0.140 e. The van der Waals surface area contributed by atoms with Gasteiger partial charge in [0.1, 0.15) is 17.3 Å². The highest BCUT2D eigenvalue weighted by Crippen LogP contribution is 2.35. The molecule has 1 saturated carbocycles. The van der Waals surface area contributed by atoms with Crippen molar-refractivity contribution in [3.05, 3.63) is 23.8 Å². The van der Waals surface area contributed by atoms with Crippen LogP contribution in [0.1, 0.15) is 30.7 Å². The van der Waals surface area contributed by atoms with Gasteiger partial charge in [-0.2, -0.15) is 0 Å². The number of rotatable bonds is 3. The van der Waals surface area contributed by atoms with Gasteiger partial charge in [-0.3, -0.25) is 4.79 Å². The van der Waals surface area contributed by atoms with E-state index in [1.165, 1.54) is 0 Å². The monoisotopic (exact) mass is 220 g/mol. The summed E-state index contributed by atoms with van der Waals surface area (Å²) in [6.45, 7) is 0. The standard InChI is InChI=1S/C13H16O3/c1-15-10-6-9(7-11(8-10)16-2)12-4-3-5-13(12)14/h6-8,12H,3-5H2,1-2H3. The van der Waals surface area contributed by atoms with Gasteiger partial charge in [0.25, 0.3) is 0 Å².